The minimum Gasteiger partial charge on any atom is -0.342 e. The molecule has 9 heteroatoms. The average Bonchev–Trinajstić information content (AvgIpc) is 3.12. The number of para-hydroxylation sites is 1. The second-order valence-electron chi connectivity index (χ2n) is 9.84. The Morgan fingerprint density at radius 1 is 1.17 bits per heavy atom. The summed E-state index contributed by atoms with van der Waals surface area (Å²) in [6, 6.07) is 15.5. The lowest BCUT2D eigenvalue weighted by Gasteiger charge is -2.41. The number of anilines is 1. The van der Waals surface area contributed by atoms with E-state index in [9.17, 15) is 14.4 Å². The van der Waals surface area contributed by atoms with Crippen LogP contribution in [0.15, 0.2) is 48.5 Å². The Morgan fingerprint density at radius 3 is 2.42 bits per heavy atom. The summed E-state index contributed by atoms with van der Waals surface area (Å²) in [6.07, 6.45) is 2.15. The van der Waals surface area contributed by atoms with Crippen molar-refractivity contribution in [3.05, 3.63) is 64.7 Å². The molecule has 1 spiro atoms. The van der Waals surface area contributed by atoms with Crippen LogP contribution in [0.1, 0.15) is 55.5 Å². The SMILES string of the molecule is CC(C)[C@@H](NC(=O)c1ccc(C#N)c(Cl)c1)C(=O)C1CCC2(CC1)C(=O)N(C)NN2c1ccccc1. The highest BCUT2D eigenvalue weighted by molar-refractivity contribution is 6.32. The minimum atomic E-state index is -0.747. The molecule has 1 aliphatic heterocycles. The molecule has 2 N–H and O–H groups in total. The lowest BCUT2D eigenvalue weighted by Crippen LogP contribution is -2.55. The quantitative estimate of drug-likeness (QED) is 0.615. The van der Waals surface area contributed by atoms with Crippen molar-refractivity contribution in [3.63, 3.8) is 0 Å². The summed E-state index contributed by atoms with van der Waals surface area (Å²) in [4.78, 5) is 39.7. The number of rotatable bonds is 6. The van der Waals surface area contributed by atoms with Crippen LogP contribution in [0.4, 0.5) is 5.69 Å². The van der Waals surface area contributed by atoms with Gasteiger partial charge in [-0.15, -0.1) is 5.53 Å². The summed E-state index contributed by atoms with van der Waals surface area (Å²) in [5.41, 5.74) is 3.90. The van der Waals surface area contributed by atoms with E-state index in [4.69, 9.17) is 16.9 Å². The maximum atomic E-state index is 13.6. The van der Waals surface area contributed by atoms with Crippen molar-refractivity contribution in [3.8, 4) is 6.07 Å². The van der Waals surface area contributed by atoms with Crippen LogP contribution in [0.2, 0.25) is 5.02 Å². The number of likely N-dealkylation sites (N-methyl/N-ethyl adjacent to an activating group) is 1. The zero-order chi connectivity index (χ0) is 26.0. The number of nitrogens with zero attached hydrogens (tertiary/aromatic N) is 3. The van der Waals surface area contributed by atoms with Crippen LogP contribution in [-0.2, 0) is 9.59 Å². The van der Waals surface area contributed by atoms with E-state index in [1.54, 1.807) is 7.05 Å². The predicted octanol–water partition coefficient (Wildman–Crippen LogP) is 3.86. The molecule has 1 saturated carbocycles. The van der Waals surface area contributed by atoms with Crippen molar-refractivity contribution in [1.82, 2.24) is 15.9 Å². The highest BCUT2D eigenvalue weighted by atomic mass is 35.5. The monoisotopic (exact) mass is 507 g/mol. The number of nitrogens with one attached hydrogen (secondary N) is 2. The molecule has 1 atom stereocenters. The van der Waals surface area contributed by atoms with Gasteiger partial charge in [-0.25, -0.2) is 0 Å². The highest BCUT2D eigenvalue weighted by Gasteiger charge is 2.54. The van der Waals surface area contributed by atoms with Crippen LogP contribution < -0.4 is 15.9 Å². The number of nitriles is 1. The van der Waals surface area contributed by atoms with Gasteiger partial charge < -0.3 is 5.32 Å². The maximum absolute atomic E-state index is 13.6. The first-order chi connectivity index (χ1) is 17.2. The third-order valence-corrected chi connectivity index (χ3v) is 7.53. The second kappa shape index (κ2) is 10.3. The number of Topliss-reactive ketones (excluding diaryl/α,β-unsaturated/α-hetero) is 1. The Balaban J connectivity index is 1.48. The first-order valence-corrected chi connectivity index (χ1v) is 12.5. The fraction of sp³-hybridized carbons (Fsp3) is 0.407. The van der Waals surface area contributed by atoms with E-state index in [1.165, 1.54) is 23.2 Å². The van der Waals surface area contributed by atoms with Crippen molar-refractivity contribution >= 4 is 34.9 Å². The molecule has 0 aromatic heterocycles. The molecule has 0 unspecified atom stereocenters. The minimum absolute atomic E-state index is 0.0105. The molecule has 2 aromatic carbocycles. The molecule has 0 radical (unpaired) electrons. The Bertz CT molecular complexity index is 1200. The molecule has 2 aliphatic rings. The van der Waals surface area contributed by atoms with Crippen molar-refractivity contribution in [1.29, 1.82) is 5.26 Å². The normalized spacial score (nSPS) is 22.6. The lowest BCUT2D eigenvalue weighted by molar-refractivity contribution is -0.135. The number of carbonyl (C=O) groups is 3. The van der Waals surface area contributed by atoms with E-state index in [1.807, 2.05) is 55.3 Å². The maximum Gasteiger partial charge on any atom is 0.265 e. The molecule has 1 saturated heterocycles. The lowest BCUT2D eigenvalue weighted by atomic mass is 9.72. The largest absolute Gasteiger partial charge is 0.342 e. The predicted molar refractivity (Wildman–Crippen MR) is 137 cm³/mol. The van der Waals surface area contributed by atoms with Crippen molar-refractivity contribution in [2.45, 2.75) is 51.1 Å². The molecule has 2 amide bonds. The van der Waals surface area contributed by atoms with Crippen LogP contribution in [0.3, 0.4) is 0 Å². The van der Waals surface area contributed by atoms with Crippen LogP contribution in [0, 0.1) is 23.2 Å². The first-order valence-electron chi connectivity index (χ1n) is 12.1. The fourth-order valence-electron chi connectivity index (χ4n) is 5.19. The van der Waals surface area contributed by atoms with Crippen LogP contribution in [0.25, 0.3) is 0 Å². The van der Waals surface area contributed by atoms with E-state index in [0.29, 0.717) is 31.2 Å². The van der Waals surface area contributed by atoms with Gasteiger partial charge >= 0.3 is 0 Å². The first kappa shape index (κ1) is 25.7. The van der Waals surface area contributed by atoms with Gasteiger partial charge in [0.2, 0.25) is 0 Å². The number of benzene rings is 2. The number of hydrogen-bond acceptors (Lipinski definition) is 6. The van der Waals surface area contributed by atoms with Gasteiger partial charge in [-0.05, 0) is 61.9 Å². The summed E-state index contributed by atoms with van der Waals surface area (Å²) in [5, 5.41) is 15.6. The Kier molecular flexibility index (Phi) is 7.34. The molecule has 2 fully saturated rings. The van der Waals surface area contributed by atoms with Gasteiger partial charge in [0.05, 0.1) is 22.3 Å². The molecule has 2 aromatic rings. The standard InChI is InChI=1S/C27H30ClN5O3/c1-17(2)23(30-25(35)19-9-10-20(16-29)22(28)15-19)24(34)18-11-13-27(14-12-18)26(36)32(3)31-33(27)21-7-5-4-6-8-21/h4-10,15,17-18,23,31H,11-14H2,1-3H3,(H,30,35)/t18?,23-,27?/m1/s1. The third kappa shape index (κ3) is 4.69. The zero-order valence-corrected chi connectivity index (χ0v) is 21.4. The third-order valence-electron chi connectivity index (χ3n) is 7.22. The Hall–Kier alpha value is -3.41. The van der Waals surface area contributed by atoms with Gasteiger partial charge in [0.1, 0.15) is 11.6 Å². The van der Waals surface area contributed by atoms with Gasteiger partial charge in [-0.1, -0.05) is 43.6 Å². The number of carbonyl (C=O) groups excluding carboxylic acids is 3. The Morgan fingerprint density at radius 2 is 1.83 bits per heavy atom. The summed E-state index contributed by atoms with van der Waals surface area (Å²) < 4.78 is 0. The van der Waals surface area contributed by atoms with Crippen molar-refractivity contribution in [2.75, 3.05) is 12.1 Å². The van der Waals surface area contributed by atoms with Gasteiger partial charge in [0, 0.05) is 18.5 Å². The fourth-order valence-corrected chi connectivity index (χ4v) is 5.41. The molecule has 4 rings (SSSR count). The van der Waals surface area contributed by atoms with Crippen molar-refractivity contribution < 1.29 is 14.4 Å². The van der Waals surface area contributed by atoms with E-state index in [-0.39, 0.29) is 34.1 Å². The van der Waals surface area contributed by atoms with Crippen LogP contribution in [0.5, 0.6) is 0 Å². The topological polar surface area (TPSA) is 106 Å². The molecule has 8 nitrogen and oxygen atoms in total. The van der Waals surface area contributed by atoms with E-state index in [0.717, 1.165) is 5.69 Å². The van der Waals surface area contributed by atoms with Gasteiger partial charge in [-0.3, -0.25) is 24.4 Å². The Labute approximate surface area is 216 Å². The highest BCUT2D eigenvalue weighted by Crippen LogP contribution is 2.42. The molecular weight excluding hydrogens is 478 g/mol. The summed E-state index contributed by atoms with van der Waals surface area (Å²) in [6.45, 7) is 3.80. The van der Waals surface area contributed by atoms with Crippen LogP contribution >= 0.6 is 11.6 Å². The van der Waals surface area contributed by atoms with Crippen LogP contribution in [-0.4, -0.2) is 41.2 Å². The van der Waals surface area contributed by atoms with Gasteiger partial charge in [0.25, 0.3) is 11.8 Å². The molecule has 36 heavy (non-hydrogen) atoms. The van der Waals surface area contributed by atoms with E-state index in [2.05, 4.69) is 10.9 Å². The van der Waals surface area contributed by atoms with Crippen molar-refractivity contribution in [2.24, 2.45) is 11.8 Å². The van der Waals surface area contributed by atoms with Gasteiger partial charge in [-0.2, -0.15) is 5.26 Å². The molecule has 1 aliphatic carbocycles. The number of hydrogen-bond donors (Lipinski definition) is 2. The number of amides is 2. The van der Waals surface area contributed by atoms with E-state index >= 15 is 0 Å². The number of ketones is 1. The molecule has 1 heterocycles. The number of hydrazine groups is 2. The number of halogens is 1. The zero-order valence-electron chi connectivity index (χ0n) is 20.6. The summed E-state index contributed by atoms with van der Waals surface area (Å²) >= 11 is 6.08. The second-order valence-corrected chi connectivity index (χ2v) is 10.3. The average molecular weight is 508 g/mol. The van der Waals surface area contributed by atoms with E-state index < -0.39 is 17.5 Å². The molecule has 188 valence electrons. The smallest absolute Gasteiger partial charge is 0.265 e. The molecule has 0 bridgehead atoms. The summed E-state index contributed by atoms with van der Waals surface area (Å²) in [5.74, 6) is -0.820. The van der Waals surface area contributed by atoms with Gasteiger partial charge in [0.15, 0.2) is 5.78 Å². The molecular formula is C27H30ClN5O3. The summed E-state index contributed by atoms with van der Waals surface area (Å²) in [7, 11) is 1.71.